The highest BCUT2D eigenvalue weighted by Gasteiger charge is 2.26. The topological polar surface area (TPSA) is 9.23 Å². The molecule has 7 heteroatoms. The molecule has 96 valence electrons. The lowest BCUT2D eigenvalue weighted by Crippen LogP contribution is -2.08. The Balaban J connectivity index is 3.87. The fourth-order valence-corrected chi connectivity index (χ4v) is 0.996. The number of rotatable bonds is 6. The van der Waals surface area contributed by atoms with Crippen LogP contribution >= 0.6 is 0 Å². The van der Waals surface area contributed by atoms with Gasteiger partial charge in [-0.2, -0.15) is 17.6 Å². The molecule has 0 saturated carbocycles. The van der Waals surface area contributed by atoms with Gasteiger partial charge in [0.25, 0.3) is 0 Å². The number of methoxy groups -OCH3 is 1. The van der Waals surface area contributed by atoms with Crippen LogP contribution in [-0.4, -0.2) is 19.5 Å². The summed E-state index contributed by atoms with van der Waals surface area (Å²) in [6.45, 7) is 0. The van der Waals surface area contributed by atoms with Crippen LogP contribution < -0.4 is 0 Å². The van der Waals surface area contributed by atoms with E-state index in [1.165, 1.54) is 0 Å². The molecular weight excluding hydrogens is 238 g/mol. The second kappa shape index (κ2) is 6.65. The summed E-state index contributed by atoms with van der Waals surface area (Å²) in [6.07, 6.45) is -8.61. The summed E-state index contributed by atoms with van der Waals surface area (Å²) in [6, 6.07) is -1.68. The fourth-order valence-electron chi connectivity index (χ4n) is 0.996. The molecule has 0 heterocycles. The molecule has 0 aliphatic carbocycles. The molecule has 1 atom stereocenters. The van der Waals surface area contributed by atoms with Gasteiger partial charge in [-0.25, -0.2) is 8.78 Å². The van der Waals surface area contributed by atoms with E-state index in [-0.39, 0.29) is 12.8 Å². The summed E-state index contributed by atoms with van der Waals surface area (Å²) in [4.78, 5) is 0. The van der Waals surface area contributed by atoms with E-state index in [1.807, 2.05) is 0 Å². The van der Waals surface area contributed by atoms with Gasteiger partial charge in [-0.05, 0) is 19.3 Å². The largest absolute Gasteiger partial charge is 0.472 e. The number of alkyl halides is 4. The Morgan fingerprint density at radius 3 is 2.19 bits per heavy atom. The van der Waals surface area contributed by atoms with Crippen LogP contribution in [0.15, 0.2) is 11.8 Å². The van der Waals surface area contributed by atoms with E-state index in [9.17, 15) is 26.3 Å². The SMILES string of the molecule is COC(F)=C(F)C(F)CCCCC(F)(F)F. The molecule has 0 saturated heterocycles. The highest BCUT2D eigenvalue weighted by molar-refractivity contribution is 4.99. The Bertz CT molecular complexity index is 235. The molecule has 0 N–H and O–H groups in total. The lowest BCUT2D eigenvalue weighted by atomic mass is 10.1. The van der Waals surface area contributed by atoms with Crippen LogP contribution in [0.25, 0.3) is 0 Å². The fraction of sp³-hybridized carbons (Fsp3) is 0.778. The van der Waals surface area contributed by atoms with Crippen molar-refractivity contribution in [2.45, 2.75) is 38.0 Å². The van der Waals surface area contributed by atoms with Crippen LogP contribution in [0.1, 0.15) is 25.7 Å². The van der Waals surface area contributed by atoms with Gasteiger partial charge < -0.3 is 4.74 Å². The molecule has 0 rings (SSSR count). The Labute approximate surface area is 89.1 Å². The summed E-state index contributed by atoms with van der Waals surface area (Å²) in [5.74, 6) is -1.71. The Morgan fingerprint density at radius 1 is 1.19 bits per heavy atom. The van der Waals surface area contributed by atoms with Gasteiger partial charge >= 0.3 is 12.2 Å². The zero-order valence-corrected chi connectivity index (χ0v) is 8.58. The first-order valence-electron chi connectivity index (χ1n) is 4.58. The molecule has 0 aromatic carbocycles. The van der Waals surface area contributed by atoms with Crippen LogP contribution in [0.5, 0.6) is 0 Å². The lowest BCUT2D eigenvalue weighted by Gasteiger charge is -2.08. The molecule has 16 heavy (non-hydrogen) atoms. The molecule has 0 fully saturated rings. The molecule has 0 radical (unpaired) electrons. The van der Waals surface area contributed by atoms with Gasteiger partial charge in [0.1, 0.15) is 0 Å². The lowest BCUT2D eigenvalue weighted by molar-refractivity contribution is -0.135. The summed E-state index contributed by atoms with van der Waals surface area (Å²) in [5, 5.41) is 0. The van der Waals surface area contributed by atoms with Crippen molar-refractivity contribution in [2.75, 3.05) is 7.11 Å². The van der Waals surface area contributed by atoms with Crippen molar-refractivity contribution in [3.63, 3.8) is 0 Å². The van der Waals surface area contributed by atoms with Crippen molar-refractivity contribution in [1.82, 2.24) is 0 Å². The van der Waals surface area contributed by atoms with Crippen LogP contribution in [0.3, 0.4) is 0 Å². The number of ether oxygens (including phenoxy) is 1. The van der Waals surface area contributed by atoms with Gasteiger partial charge in [0.15, 0.2) is 6.17 Å². The van der Waals surface area contributed by atoms with Crippen LogP contribution in [0.2, 0.25) is 0 Å². The Kier molecular flexibility index (Phi) is 6.28. The standard InChI is InChI=1S/C9H12F6O/c1-16-8(12)7(11)6(10)4-2-3-5-9(13,14)15/h6H,2-5H2,1H3. The highest BCUT2D eigenvalue weighted by Crippen LogP contribution is 2.25. The van der Waals surface area contributed by atoms with Gasteiger partial charge in [-0.15, -0.1) is 0 Å². The zero-order valence-electron chi connectivity index (χ0n) is 8.58. The number of hydrogen-bond acceptors (Lipinski definition) is 1. The van der Waals surface area contributed by atoms with Crippen LogP contribution in [0.4, 0.5) is 26.3 Å². The van der Waals surface area contributed by atoms with Gasteiger partial charge in [-0.3, -0.25) is 0 Å². The molecule has 0 aliphatic rings. The molecular formula is C9H12F6O. The summed E-state index contributed by atoms with van der Waals surface area (Å²) < 4.78 is 76.6. The summed E-state index contributed by atoms with van der Waals surface area (Å²) in [7, 11) is 0.825. The van der Waals surface area contributed by atoms with Crippen LogP contribution in [-0.2, 0) is 4.74 Å². The van der Waals surface area contributed by atoms with Crippen molar-refractivity contribution in [3.05, 3.63) is 11.8 Å². The second-order valence-corrected chi connectivity index (χ2v) is 3.15. The third kappa shape index (κ3) is 6.58. The highest BCUT2D eigenvalue weighted by atomic mass is 19.4. The van der Waals surface area contributed by atoms with E-state index in [0.717, 1.165) is 7.11 Å². The zero-order chi connectivity index (χ0) is 12.8. The smallest absolute Gasteiger partial charge is 0.389 e. The maximum Gasteiger partial charge on any atom is 0.389 e. The molecule has 0 amide bonds. The van der Waals surface area contributed by atoms with Crippen molar-refractivity contribution >= 4 is 0 Å². The molecule has 0 spiro atoms. The Morgan fingerprint density at radius 2 is 1.75 bits per heavy atom. The third-order valence-corrected chi connectivity index (χ3v) is 1.81. The first kappa shape index (κ1) is 15.1. The second-order valence-electron chi connectivity index (χ2n) is 3.15. The van der Waals surface area contributed by atoms with E-state index in [4.69, 9.17) is 0 Å². The molecule has 1 nitrogen and oxygen atoms in total. The average molecular weight is 250 g/mol. The maximum absolute atomic E-state index is 12.8. The van der Waals surface area contributed by atoms with Crippen molar-refractivity contribution in [2.24, 2.45) is 0 Å². The predicted octanol–water partition coefficient (Wildman–Crippen LogP) is 4.20. The van der Waals surface area contributed by atoms with Crippen molar-refractivity contribution in [3.8, 4) is 0 Å². The van der Waals surface area contributed by atoms with E-state index < -0.39 is 37.0 Å². The van der Waals surface area contributed by atoms with E-state index in [0.29, 0.717) is 0 Å². The summed E-state index contributed by atoms with van der Waals surface area (Å²) in [5.41, 5.74) is 0. The summed E-state index contributed by atoms with van der Waals surface area (Å²) >= 11 is 0. The third-order valence-electron chi connectivity index (χ3n) is 1.81. The predicted molar refractivity (Wildman–Crippen MR) is 45.7 cm³/mol. The van der Waals surface area contributed by atoms with Gasteiger partial charge in [-0.1, -0.05) is 0 Å². The van der Waals surface area contributed by atoms with Gasteiger partial charge in [0, 0.05) is 6.42 Å². The van der Waals surface area contributed by atoms with Crippen molar-refractivity contribution < 1.29 is 31.1 Å². The van der Waals surface area contributed by atoms with Gasteiger partial charge in [0.2, 0.25) is 5.83 Å². The first-order chi connectivity index (χ1) is 7.28. The molecule has 0 aromatic heterocycles. The average Bonchev–Trinajstić information content (AvgIpc) is 2.20. The minimum Gasteiger partial charge on any atom is -0.472 e. The van der Waals surface area contributed by atoms with Crippen molar-refractivity contribution in [1.29, 1.82) is 0 Å². The Hall–Kier alpha value is -0.880. The first-order valence-corrected chi connectivity index (χ1v) is 4.58. The molecule has 1 unspecified atom stereocenters. The van der Waals surface area contributed by atoms with Gasteiger partial charge in [0.05, 0.1) is 7.11 Å². The number of allylic oxidation sites excluding steroid dienone is 1. The monoisotopic (exact) mass is 250 g/mol. The van der Waals surface area contributed by atoms with E-state index >= 15 is 0 Å². The van der Waals surface area contributed by atoms with E-state index in [1.54, 1.807) is 0 Å². The normalized spacial score (nSPS) is 15.7. The van der Waals surface area contributed by atoms with Crippen LogP contribution in [0, 0.1) is 0 Å². The number of halogens is 6. The molecule has 0 aromatic rings. The minimum absolute atomic E-state index is 0.176. The minimum atomic E-state index is -4.31. The number of unbranched alkanes of at least 4 members (excludes halogenated alkanes) is 1. The van der Waals surface area contributed by atoms with E-state index in [2.05, 4.69) is 4.74 Å². The molecule has 0 bridgehead atoms. The quantitative estimate of drug-likeness (QED) is 0.390. The number of hydrogen-bond donors (Lipinski definition) is 0. The molecule has 0 aliphatic heterocycles. The maximum atomic E-state index is 12.8.